The molecule has 0 spiro atoms. The maximum atomic E-state index is 12.1. The molecule has 0 atom stereocenters. The maximum absolute atomic E-state index is 12.1. The summed E-state index contributed by atoms with van der Waals surface area (Å²) in [6, 6.07) is 11.4. The van der Waals surface area contributed by atoms with Crippen LogP contribution in [-0.2, 0) is 4.79 Å². The van der Waals surface area contributed by atoms with Crippen molar-refractivity contribution in [2.24, 2.45) is 11.0 Å². The van der Waals surface area contributed by atoms with Crippen LogP contribution < -0.4 is 15.5 Å². The number of amides is 2. The Kier molecular flexibility index (Phi) is 5.71. The van der Waals surface area contributed by atoms with Crippen molar-refractivity contribution in [2.75, 3.05) is 11.9 Å². The molecular formula is C20H21N3O4. The van der Waals surface area contributed by atoms with E-state index in [1.807, 2.05) is 6.92 Å². The van der Waals surface area contributed by atoms with Crippen molar-refractivity contribution in [2.45, 2.75) is 19.8 Å². The zero-order chi connectivity index (χ0) is 19.2. The van der Waals surface area contributed by atoms with E-state index in [1.165, 1.54) is 12.3 Å². The predicted molar refractivity (Wildman–Crippen MR) is 102 cm³/mol. The summed E-state index contributed by atoms with van der Waals surface area (Å²) < 4.78 is 5.30. The van der Waals surface area contributed by atoms with Gasteiger partial charge >= 0.3 is 0 Å². The van der Waals surface area contributed by atoms with E-state index in [0.29, 0.717) is 29.2 Å². The Balaban J connectivity index is 1.56. The first-order valence-corrected chi connectivity index (χ1v) is 8.77. The van der Waals surface area contributed by atoms with Crippen LogP contribution in [0.4, 0.5) is 5.69 Å². The van der Waals surface area contributed by atoms with Gasteiger partial charge in [0.1, 0.15) is 0 Å². The summed E-state index contributed by atoms with van der Waals surface area (Å²) in [4.78, 5) is 23.9. The average molecular weight is 367 g/mol. The molecule has 2 amide bonds. The van der Waals surface area contributed by atoms with Gasteiger partial charge in [-0.25, -0.2) is 5.43 Å². The first-order chi connectivity index (χ1) is 13.1. The predicted octanol–water partition coefficient (Wildman–Crippen LogP) is 2.90. The van der Waals surface area contributed by atoms with Crippen molar-refractivity contribution in [1.29, 1.82) is 0 Å². The van der Waals surface area contributed by atoms with Crippen LogP contribution in [0.5, 0.6) is 11.5 Å². The molecule has 0 aliphatic heterocycles. The van der Waals surface area contributed by atoms with E-state index in [0.717, 1.165) is 12.8 Å². The van der Waals surface area contributed by atoms with Crippen LogP contribution in [0.25, 0.3) is 0 Å². The lowest BCUT2D eigenvalue weighted by molar-refractivity contribution is -0.117. The number of ether oxygens (including phenoxy) is 1. The molecule has 3 N–H and O–H groups in total. The molecule has 2 aromatic rings. The Morgan fingerprint density at radius 2 is 1.96 bits per heavy atom. The molecule has 0 aromatic heterocycles. The van der Waals surface area contributed by atoms with Crippen LogP contribution in [0.3, 0.4) is 0 Å². The molecule has 140 valence electrons. The number of hydrazone groups is 1. The summed E-state index contributed by atoms with van der Waals surface area (Å²) >= 11 is 0. The van der Waals surface area contributed by atoms with Crippen molar-refractivity contribution in [1.82, 2.24) is 5.43 Å². The topological polar surface area (TPSA) is 100 Å². The number of nitrogens with zero attached hydrogens (tertiary/aromatic N) is 1. The zero-order valence-electron chi connectivity index (χ0n) is 14.9. The average Bonchev–Trinajstić information content (AvgIpc) is 3.50. The van der Waals surface area contributed by atoms with Gasteiger partial charge in [0, 0.05) is 17.2 Å². The summed E-state index contributed by atoms with van der Waals surface area (Å²) in [6.45, 7) is 2.26. The number of anilines is 1. The number of aromatic hydroxyl groups is 1. The second-order valence-electron chi connectivity index (χ2n) is 6.20. The molecule has 0 radical (unpaired) electrons. The Labute approximate surface area is 157 Å². The number of nitrogens with one attached hydrogen (secondary N) is 2. The first kappa shape index (κ1) is 18.4. The van der Waals surface area contributed by atoms with E-state index < -0.39 is 0 Å². The van der Waals surface area contributed by atoms with Gasteiger partial charge in [-0.3, -0.25) is 9.59 Å². The summed E-state index contributed by atoms with van der Waals surface area (Å²) in [5, 5.41) is 16.4. The van der Waals surface area contributed by atoms with Crippen molar-refractivity contribution in [3.8, 4) is 11.5 Å². The number of carbonyl (C=O) groups is 2. The van der Waals surface area contributed by atoms with Gasteiger partial charge in [0.15, 0.2) is 11.5 Å². The lowest BCUT2D eigenvalue weighted by atomic mass is 10.2. The van der Waals surface area contributed by atoms with Crippen LogP contribution in [0.15, 0.2) is 47.6 Å². The van der Waals surface area contributed by atoms with Gasteiger partial charge in [-0.2, -0.15) is 5.10 Å². The fraction of sp³-hybridized carbons (Fsp3) is 0.250. The van der Waals surface area contributed by atoms with Crippen LogP contribution >= 0.6 is 0 Å². The van der Waals surface area contributed by atoms with E-state index in [2.05, 4.69) is 15.8 Å². The highest BCUT2D eigenvalue weighted by molar-refractivity contribution is 5.97. The largest absolute Gasteiger partial charge is 0.504 e. The molecule has 7 heteroatoms. The van der Waals surface area contributed by atoms with E-state index in [1.54, 1.807) is 36.4 Å². The molecule has 1 saturated carbocycles. The van der Waals surface area contributed by atoms with Gasteiger partial charge in [-0.15, -0.1) is 0 Å². The van der Waals surface area contributed by atoms with Gasteiger partial charge in [-0.05, 0) is 67.8 Å². The highest BCUT2D eigenvalue weighted by atomic mass is 16.5. The third-order valence-corrected chi connectivity index (χ3v) is 4.03. The number of hydrogen-bond donors (Lipinski definition) is 3. The van der Waals surface area contributed by atoms with Crippen LogP contribution in [0, 0.1) is 5.92 Å². The highest BCUT2D eigenvalue weighted by Crippen LogP contribution is 2.30. The first-order valence-electron chi connectivity index (χ1n) is 8.77. The van der Waals surface area contributed by atoms with E-state index in [9.17, 15) is 14.7 Å². The maximum Gasteiger partial charge on any atom is 0.271 e. The summed E-state index contributed by atoms with van der Waals surface area (Å²) in [5.41, 5.74) is 4.21. The number of hydrogen-bond acceptors (Lipinski definition) is 5. The molecule has 0 unspecified atom stereocenters. The molecule has 1 aliphatic carbocycles. The molecule has 2 aromatic carbocycles. The fourth-order valence-electron chi connectivity index (χ4n) is 2.41. The Morgan fingerprint density at radius 1 is 1.22 bits per heavy atom. The number of benzene rings is 2. The minimum atomic E-state index is -0.366. The molecule has 0 saturated heterocycles. The molecule has 27 heavy (non-hydrogen) atoms. The minimum absolute atomic E-state index is 0.0251. The van der Waals surface area contributed by atoms with E-state index in [4.69, 9.17) is 4.74 Å². The fourth-order valence-corrected chi connectivity index (χ4v) is 2.41. The normalized spacial score (nSPS) is 13.4. The van der Waals surface area contributed by atoms with Crippen molar-refractivity contribution in [3.05, 3.63) is 53.6 Å². The lowest BCUT2D eigenvalue weighted by Gasteiger charge is -2.06. The number of phenols is 1. The summed E-state index contributed by atoms with van der Waals surface area (Å²) in [6.07, 6.45) is 3.35. The number of carbonyl (C=O) groups excluding carboxylic acids is 2. The monoisotopic (exact) mass is 367 g/mol. The van der Waals surface area contributed by atoms with Gasteiger partial charge in [0.25, 0.3) is 5.91 Å². The van der Waals surface area contributed by atoms with Gasteiger partial charge in [0.05, 0.1) is 12.8 Å². The Morgan fingerprint density at radius 3 is 2.63 bits per heavy atom. The second-order valence-corrected chi connectivity index (χ2v) is 6.20. The number of phenolic OH excluding ortho intramolecular Hbond substituents is 1. The SMILES string of the molecule is CCOc1cc(/C=N\NC(=O)c2ccc(NC(=O)C3CC3)cc2)ccc1O. The lowest BCUT2D eigenvalue weighted by Crippen LogP contribution is -2.18. The summed E-state index contributed by atoms with van der Waals surface area (Å²) in [7, 11) is 0. The van der Waals surface area contributed by atoms with Crippen molar-refractivity contribution >= 4 is 23.7 Å². The third-order valence-electron chi connectivity index (χ3n) is 4.03. The van der Waals surface area contributed by atoms with Gasteiger partial charge < -0.3 is 15.2 Å². The van der Waals surface area contributed by atoms with Gasteiger partial charge in [0.2, 0.25) is 5.91 Å². The van der Waals surface area contributed by atoms with E-state index in [-0.39, 0.29) is 23.5 Å². The van der Waals surface area contributed by atoms with Crippen LogP contribution in [-0.4, -0.2) is 29.7 Å². The molecule has 0 heterocycles. The van der Waals surface area contributed by atoms with Crippen molar-refractivity contribution < 1.29 is 19.4 Å². The summed E-state index contributed by atoms with van der Waals surface area (Å²) in [5.74, 6) is 0.196. The molecule has 7 nitrogen and oxygen atoms in total. The minimum Gasteiger partial charge on any atom is -0.504 e. The number of rotatable bonds is 7. The Bertz CT molecular complexity index is 858. The standard InChI is InChI=1S/C20H21N3O4/c1-2-27-18-11-13(3-10-17(18)24)12-21-23-20(26)15-6-8-16(9-7-15)22-19(25)14-4-5-14/h3,6-12,14,24H,2,4-5H2,1H3,(H,22,25)(H,23,26)/b21-12-. The second kappa shape index (κ2) is 8.35. The third kappa shape index (κ3) is 5.07. The molecule has 1 aliphatic rings. The zero-order valence-corrected chi connectivity index (χ0v) is 14.9. The van der Waals surface area contributed by atoms with Crippen LogP contribution in [0.1, 0.15) is 35.7 Å². The van der Waals surface area contributed by atoms with Crippen molar-refractivity contribution in [3.63, 3.8) is 0 Å². The van der Waals surface area contributed by atoms with Crippen LogP contribution in [0.2, 0.25) is 0 Å². The highest BCUT2D eigenvalue weighted by Gasteiger charge is 2.29. The van der Waals surface area contributed by atoms with Gasteiger partial charge in [-0.1, -0.05) is 0 Å². The molecule has 1 fully saturated rings. The quantitative estimate of drug-likeness (QED) is 0.517. The molecular weight excluding hydrogens is 346 g/mol. The molecule has 0 bridgehead atoms. The molecule has 3 rings (SSSR count). The smallest absolute Gasteiger partial charge is 0.271 e. The Hall–Kier alpha value is -3.35. The van der Waals surface area contributed by atoms with E-state index >= 15 is 0 Å².